The molecule has 1 aromatic heterocycles. The molecule has 4 heteroatoms. The molecule has 0 bridgehead atoms. The fraction of sp³-hybridized carbons (Fsp3) is 0.0588. The van der Waals surface area contributed by atoms with Crippen LogP contribution < -0.4 is 4.74 Å². The topological polar surface area (TPSA) is 39.2 Å². The van der Waals surface area contributed by atoms with E-state index in [9.17, 15) is 4.79 Å². The number of rotatable bonds is 1. The van der Waals surface area contributed by atoms with Crippen molar-refractivity contribution in [3.63, 3.8) is 0 Å². The van der Waals surface area contributed by atoms with Crippen molar-refractivity contribution in [3.05, 3.63) is 58.1 Å². The predicted octanol–water partition coefficient (Wildman–Crippen LogP) is 4.22. The lowest BCUT2D eigenvalue weighted by molar-refractivity contribution is 0.104. The van der Waals surface area contributed by atoms with Gasteiger partial charge in [0.05, 0.1) is 17.3 Å². The summed E-state index contributed by atoms with van der Waals surface area (Å²) in [6, 6.07) is 13.3. The second kappa shape index (κ2) is 4.40. The molecule has 1 heterocycles. The van der Waals surface area contributed by atoms with Crippen molar-refractivity contribution < 1.29 is 9.53 Å². The van der Waals surface area contributed by atoms with Crippen LogP contribution in [0.1, 0.15) is 15.9 Å². The molecule has 0 aliphatic heterocycles. The molecule has 21 heavy (non-hydrogen) atoms. The number of halogens is 1. The number of carbonyl (C=O) groups excluding carboxylic acids is 1. The Morgan fingerprint density at radius 2 is 1.71 bits per heavy atom. The molecule has 0 saturated heterocycles. The zero-order valence-corrected chi connectivity index (χ0v) is 12.8. The minimum absolute atomic E-state index is 0.0440. The maximum Gasteiger partial charge on any atom is 0.228 e. The molecule has 4 rings (SSSR count). The highest BCUT2D eigenvalue weighted by Gasteiger charge is 2.27. The first-order chi connectivity index (χ1) is 10.2. The molecule has 0 radical (unpaired) electrons. The minimum Gasteiger partial charge on any atom is -0.480 e. The Morgan fingerprint density at radius 1 is 1.00 bits per heavy atom. The van der Waals surface area contributed by atoms with Crippen LogP contribution in [0.2, 0.25) is 0 Å². The van der Waals surface area contributed by atoms with E-state index < -0.39 is 0 Å². The average molecular weight is 340 g/mol. The number of pyridine rings is 1. The van der Waals surface area contributed by atoms with E-state index in [0.29, 0.717) is 17.0 Å². The summed E-state index contributed by atoms with van der Waals surface area (Å²) in [5.41, 5.74) is 3.04. The molecule has 0 N–H and O–H groups in total. The number of benzene rings is 2. The summed E-state index contributed by atoms with van der Waals surface area (Å²) in [6.45, 7) is 0. The van der Waals surface area contributed by atoms with E-state index >= 15 is 0 Å². The minimum atomic E-state index is 0.0440. The number of nitrogens with zero attached hydrogens (tertiary/aromatic N) is 1. The monoisotopic (exact) mass is 339 g/mol. The molecule has 1 aliphatic carbocycles. The smallest absolute Gasteiger partial charge is 0.228 e. The first-order valence-electron chi connectivity index (χ1n) is 6.52. The molecule has 0 unspecified atom stereocenters. The Kier molecular flexibility index (Phi) is 2.62. The summed E-state index contributed by atoms with van der Waals surface area (Å²) in [6.07, 6.45) is 0. The molecule has 0 fully saturated rings. The largest absolute Gasteiger partial charge is 0.480 e. The number of carbonyl (C=O) groups is 1. The van der Waals surface area contributed by atoms with E-state index in [-0.39, 0.29) is 5.78 Å². The first kappa shape index (κ1) is 12.5. The lowest BCUT2D eigenvalue weighted by Crippen LogP contribution is -2.11. The van der Waals surface area contributed by atoms with E-state index in [2.05, 4.69) is 20.9 Å². The summed E-state index contributed by atoms with van der Waals surface area (Å²) in [5, 5.41) is 1.83. The second-order valence-electron chi connectivity index (χ2n) is 4.89. The van der Waals surface area contributed by atoms with Crippen molar-refractivity contribution in [1.29, 1.82) is 0 Å². The molecule has 0 saturated carbocycles. The molecule has 0 spiro atoms. The number of ketones is 1. The van der Waals surface area contributed by atoms with Gasteiger partial charge in [-0.3, -0.25) is 4.79 Å². The van der Waals surface area contributed by atoms with Crippen LogP contribution in [0.25, 0.3) is 22.0 Å². The van der Waals surface area contributed by atoms with E-state index in [0.717, 1.165) is 26.5 Å². The average Bonchev–Trinajstić information content (AvgIpc) is 2.54. The molecule has 1 aliphatic rings. The third-order valence-electron chi connectivity index (χ3n) is 3.80. The molecular weight excluding hydrogens is 330 g/mol. The van der Waals surface area contributed by atoms with Crippen LogP contribution in [0.3, 0.4) is 0 Å². The zero-order chi connectivity index (χ0) is 14.6. The van der Waals surface area contributed by atoms with Gasteiger partial charge in [0.2, 0.25) is 5.88 Å². The Morgan fingerprint density at radius 3 is 2.48 bits per heavy atom. The quantitative estimate of drug-likeness (QED) is 0.521. The van der Waals surface area contributed by atoms with Crippen LogP contribution in [0.5, 0.6) is 5.88 Å². The van der Waals surface area contributed by atoms with Crippen molar-refractivity contribution >= 4 is 32.5 Å². The number of methoxy groups -OCH3 is 1. The van der Waals surface area contributed by atoms with Gasteiger partial charge < -0.3 is 4.74 Å². The fourth-order valence-electron chi connectivity index (χ4n) is 2.86. The molecule has 0 atom stereocenters. The van der Waals surface area contributed by atoms with Crippen molar-refractivity contribution in [2.24, 2.45) is 0 Å². The van der Waals surface area contributed by atoms with Gasteiger partial charge in [-0.1, -0.05) is 42.5 Å². The van der Waals surface area contributed by atoms with Gasteiger partial charge in [0.15, 0.2) is 5.78 Å². The molecule has 2 aromatic carbocycles. The predicted molar refractivity (Wildman–Crippen MR) is 84.9 cm³/mol. The highest BCUT2D eigenvalue weighted by Crippen LogP contribution is 2.43. The van der Waals surface area contributed by atoms with Crippen molar-refractivity contribution in [1.82, 2.24) is 4.98 Å². The normalized spacial score (nSPS) is 12.4. The van der Waals surface area contributed by atoms with Crippen LogP contribution in [-0.4, -0.2) is 17.9 Å². The Balaban J connectivity index is 2.26. The molecule has 102 valence electrons. The first-order valence-corrected chi connectivity index (χ1v) is 7.32. The third-order valence-corrected chi connectivity index (χ3v) is 4.57. The Labute approximate surface area is 129 Å². The van der Waals surface area contributed by atoms with Gasteiger partial charge >= 0.3 is 0 Å². The van der Waals surface area contributed by atoms with Gasteiger partial charge in [0.1, 0.15) is 0 Å². The molecular formula is C17H10BrNO2. The summed E-state index contributed by atoms with van der Waals surface area (Å²) in [5.74, 6) is 0.571. The number of aromatic nitrogens is 1. The van der Waals surface area contributed by atoms with Crippen LogP contribution in [-0.2, 0) is 0 Å². The standard InChI is InChI=1S/C17H10BrNO2/c1-21-17-14(18)11-7-4-8-12-13(11)15(19-17)9-5-2-3-6-10(9)16(12)20/h2-8H,1H3. The summed E-state index contributed by atoms with van der Waals surface area (Å²) < 4.78 is 6.13. The number of hydrogen-bond donors (Lipinski definition) is 0. The van der Waals surface area contributed by atoms with Crippen LogP contribution in [0, 0.1) is 0 Å². The van der Waals surface area contributed by atoms with Crippen molar-refractivity contribution in [2.75, 3.05) is 7.11 Å². The fourth-order valence-corrected chi connectivity index (χ4v) is 3.45. The highest BCUT2D eigenvalue weighted by molar-refractivity contribution is 9.10. The van der Waals surface area contributed by atoms with Gasteiger partial charge in [0.25, 0.3) is 0 Å². The molecule has 3 nitrogen and oxygen atoms in total. The molecule has 0 amide bonds. The van der Waals surface area contributed by atoms with Crippen molar-refractivity contribution in [3.8, 4) is 17.1 Å². The SMILES string of the molecule is COc1nc2c3c(cccc3c1Br)C(=O)c1ccccc1-2. The van der Waals surface area contributed by atoms with Crippen LogP contribution >= 0.6 is 15.9 Å². The summed E-state index contributed by atoms with van der Waals surface area (Å²) in [4.78, 5) is 17.3. The van der Waals surface area contributed by atoms with E-state index in [1.807, 2.05) is 42.5 Å². The number of hydrogen-bond acceptors (Lipinski definition) is 3. The summed E-state index contributed by atoms with van der Waals surface area (Å²) >= 11 is 3.52. The van der Waals surface area contributed by atoms with Gasteiger partial charge in [-0.2, -0.15) is 0 Å². The maximum absolute atomic E-state index is 12.7. The maximum atomic E-state index is 12.7. The zero-order valence-electron chi connectivity index (χ0n) is 11.2. The number of fused-ring (bicyclic) bond motifs is 2. The van der Waals surface area contributed by atoms with Gasteiger partial charge in [-0.05, 0) is 15.9 Å². The van der Waals surface area contributed by atoms with Gasteiger partial charge in [-0.25, -0.2) is 4.98 Å². The van der Waals surface area contributed by atoms with E-state index in [1.54, 1.807) is 7.11 Å². The van der Waals surface area contributed by atoms with Gasteiger partial charge in [-0.15, -0.1) is 0 Å². The van der Waals surface area contributed by atoms with E-state index in [4.69, 9.17) is 4.74 Å². The molecule has 3 aromatic rings. The van der Waals surface area contributed by atoms with Crippen LogP contribution in [0.4, 0.5) is 0 Å². The van der Waals surface area contributed by atoms with Gasteiger partial charge in [0, 0.05) is 27.5 Å². The van der Waals surface area contributed by atoms with Crippen LogP contribution in [0.15, 0.2) is 46.9 Å². The van der Waals surface area contributed by atoms with Crippen molar-refractivity contribution in [2.45, 2.75) is 0 Å². The third kappa shape index (κ3) is 1.59. The number of ether oxygens (including phenoxy) is 1. The lowest BCUT2D eigenvalue weighted by Gasteiger charge is -2.20. The highest BCUT2D eigenvalue weighted by atomic mass is 79.9. The Hall–Kier alpha value is -2.20. The second-order valence-corrected chi connectivity index (χ2v) is 5.68. The lowest BCUT2D eigenvalue weighted by atomic mass is 9.86. The van der Waals surface area contributed by atoms with E-state index in [1.165, 1.54) is 0 Å². The summed E-state index contributed by atoms with van der Waals surface area (Å²) in [7, 11) is 1.59. The Bertz CT molecular complexity index is 918.